The average Bonchev–Trinajstić information content (AvgIpc) is 3.35. The second kappa shape index (κ2) is 9.85. The number of amides is 1. The summed E-state index contributed by atoms with van der Waals surface area (Å²) in [5.74, 6) is 0.470. The van der Waals surface area contributed by atoms with E-state index in [0.717, 1.165) is 28.6 Å². The molecule has 6 nitrogen and oxygen atoms in total. The van der Waals surface area contributed by atoms with Gasteiger partial charge in [0.25, 0.3) is 5.91 Å². The zero-order chi connectivity index (χ0) is 22.6. The highest BCUT2D eigenvalue weighted by Crippen LogP contribution is 2.23. The molecule has 32 heavy (non-hydrogen) atoms. The third kappa shape index (κ3) is 5.38. The van der Waals surface area contributed by atoms with E-state index in [1.165, 1.54) is 16.4 Å². The van der Waals surface area contributed by atoms with E-state index in [2.05, 4.69) is 21.2 Å². The number of sulfonamides is 1. The van der Waals surface area contributed by atoms with Crippen molar-refractivity contribution in [1.29, 1.82) is 0 Å². The molecule has 0 spiro atoms. The summed E-state index contributed by atoms with van der Waals surface area (Å²) in [6.45, 7) is 1.46. The number of hydrogen-bond donors (Lipinski definition) is 1. The van der Waals surface area contributed by atoms with Crippen LogP contribution < -0.4 is 10.1 Å². The molecule has 0 bridgehead atoms. The topological polar surface area (TPSA) is 75.7 Å². The van der Waals surface area contributed by atoms with Crippen LogP contribution in [0.15, 0.2) is 82.2 Å². The molecule has 0 aromatic heterocycles. The van der Waals surface area contributed by atoms with Crippen LogP contribution in [-0.2, 0) is 16.6 Å². The molecule has 1 N–H and O–H groups in total. The molecule has 1 aliphatic rings. The van der Waals surface area contributed by atoms with E-state index in [1.807, 2.05) is 30.3 Å². The van der Waals surface area contributed by atoms with Crippen molar-refractivity contribution in [3.8, 4) is 5.75 Å². The SMILES string of the molecule is O=C(Nc1ccc(S(=O)(=O)N2CCCC2)cc1)c1cccc(COc2ccc(Br)cc2)c1. The summed E-state index contributed by atoms with van der Waals surface area (Å²) < 4.78 is 33.5. The summed E-state index contributed by atoms with van der Waals surface area (Å²) >= 11 is 3.39. The molecule has 4 rings (SSSR count). The van der Waals surface area contributed by atoms with Crippen LogP contribution in [0, 0.1) is 0 Å². The summed E-state index contributed by atoms with van der Waals surface area (Å²) in [6, 6.07) is 21.0. The quantitative estimate of drug-likeness (QED) is 0.477. The van der Waals surface area contributed by atoms with Crippen molar-refractivity contribution in [1.82, 2.24) is 4.31 Å². The van der Waals surface area contributed by atoms with Gasteiger partial charge >= 0.3 is 0 Å². The van der Waals surface area contributed by atoms with Crippen LogP contribution in [0.25, 0.3) is 0 Å². The maximum absolute atomic E-state index is 12.7. The van der Waals surface area contributed by atoms with Crippen molar-refractivity contribution in [3.05, 3.63) is 88.4 Å². The monoisotopic (exact) mass is 514 g/mol. The van der Waals surface area contributed by atoms with Crippen LogP contribution >= 0.6 is 15.9 Å². The Morgan fingerprint density at radius 2 is 1.66 bits per heavy atom. The van der Waals surface area contributed by atoms with E-state index in [9.17, 15) is 13.2 Å². The summed E-state index contributed by atoms with van der Waals surface area (Å²) in [4.78, 5) is 12.9. The Kier molecular flexibility index (Phi) is 6.93. The minimum absolute atomic E-state index is 0.240. The first kappa shape index (κ1) is 22.5. The molecule has 0 radical (unpaired) electrons. The lowest BCUT2D eigenvalue weighted by atomic mass is 10.1. The summed E-state index contributed by atoms with van der Waals surface area (Å²) in [5, 5.41) is 2.82. The molecule has 1 amide bonds. The third-order valence-electron chi connectivity index (χ3n) is 5.22. The van der Waals surface area contributed by atoms with Gasteiger partial charge in [0.2, 0.25) is 10.0 Å². The molecule has 166 valence electrons. The van der Waals surface area contributed by atoms with Gasteiger partial charge in [0.1, 0.15) is 12.4 Å². The standard InChI is InChI=1S/C24H23BrN2O4S/c25-20-6-10-22(11-7-20)31-17-18-4-3-5-19(16-18)24(28)26-21-8-12-23(13-9-21)32(29,30)27-14-1-2-15-27/h3-13,16H,1-2,14-15,17H2,(H,26,28). The number of carbonyl (C=O) groups is 1. The smallest absolute Gasteiger partial charge is 0.255 e. The number of halogens is 1. The lowest BCUT2D eigenvalue weighted by Gasteiger charge is -2.15. The first-order chi connectivity index (χ1) is 15.4. The highest BCUT2D eigenvalue weighted by atomic mass is 79.9. The Morgan fingerprint density at radius 1 is 0.969 bits per heavy atom. The predicted molar refractivity (Wildman–Crippen MR) is 127 cm³/mol. The van der Waals surface area contributed by atoms with Crippen molar-refractivity contribution in [3.63, 3.8) is 0 Å². The van der Waals surface area contributed by atoms with Gasteiger partial charge in [-0.25, -0.2) is 8.42 Å². The van der Waals surface area contributed by atoms with Crippen molar-refractivity contribution in [2.45, 2.75) is 24.3 Å². The van der Waals surface area contributed by atoms with Gasteiger partial charge < -0.3 is 10.1 Å². The van der Waals surface area contributed by atoms with Gasteiger partial charge in [-0.1, -0.05) is 28.1 Å². The van der Waals surface area contributed by atoms with E-state index in [-0.39, 0.29) is 10.8 Å². The number of carbonyl (C=O) groups excluding carboxylic acids is 1. The molecule has 0 unspecified atom stereocenters. The predicted octanol–water partition coefficient (Wildman–Crippen LogP) is 5.06. The van der Waals surface area contributed by atoms with E-state index in [1.54, 1.807) is 30.3 Å². The fourth-order valence-electron chi connectivity index (χ4n) is 3.49. The molecular weight excluding hydrogens is 492 g/mol. The van der Waals surface area contributed by atoms with Crippen LogP contribution in [0.2, 0.25) is 0 Å². The molecule has 1 fully saturated rings. The number of nitrogens with zero attached hydrogens (tertiary/aromatic N) is 1. The first-order valence-corrected chi connectivity index (χ1v) is 12.5. The summed E-state index contributed by atoms with van der Waals surface area (Å²) in [7, 11) is -3.47. The molecule has 1 saturated heterocycles. The van der Waals surface area contributed by atoms with Crippen LogP contribution in [0.5, 0.6) is 5.75 Å². The van der Waals surface area contributed by atoms with Crippen molar-refractivity contribution < 1.29 is 17.9 Å². The Bertz CT molecular complexity index is 1190. The second-order valence-corrected chi connectivity index (χ2v) is 10.4. The zero-order valence-electron chi connectivity index (χ0n) is 17.3. The van der Waals surface area contributed by atoms with Gasteiger partial charge in [0.15, 0.2) is 0 Å². The highest BCUT2D eigenvalue weighted by molar-refractivity contribution is 9.10. The van der Waals surface area contributed by atoms with Crippen molar-refractivity contribution >= 4 is 37.5 Å². The minimum atomic E-state index is -3.47. The van der Waals surface area contributed by atoms with Crippen LogP contribution in [-0.4, -0.2) is 31.7 Å². The number of hydrogen-bond acceptors (Lipinski definition) is 4. The molecule has 0 aliphatic carbocycles. The normalized spacial score (nSPS) is 14.3. The number of ether oxygens (including phenoxy) is 1. The molecule has 0 saturated carbocycles. The van der Waals surface area contributed by atoms with E-state index in [0.29, 0.717) is 30.9 Å². The van der Waals surface area contributed by atoms with Gasteiger partial charge in [-0.15, -0.1) is 0 Å². The summed E-state index contributed by atoms with van der Waals surface area (Å²) in [5.41, 5.74) is 1.90. The second-order valence-electron chi connectivity index (χ2n) is 7.53. The fourth-order valence-corrected chi connectivity index (χ4v) is 5.27. The average molecular weight is 515 g/mol. The number of rotatable bonds is 7. The lowest BCUT2D eigenvalue weighted by Crippen LogP contribution is -2.27. The summed E-state index contributed by atoms with van der Waals surface area (Å²) in [6.07, 6.45) is 1.78. The van der Waals surface area contributed by atoms with Crippen LogP contribution in [0.3, 0.4) is 0 Å². The molecule has 1 heterocycles. The molecular formula is C24H23BrN2O4S. The zero-order valence-corrected chi connectivity index (χ0v) is 19.7. The maximum atomic E-state index is 12.7. The Balaban J connectivity index is 1.39. The molecule has 3 aromatic carbocycles. The number of nitrogens with one attached hydrogen (secondary N) is 1. The van der Waals surface area contributed by atoms with Crippen LogP contribution in [0.4, 0.5) is 5.69 Å². The third-order valence-corrected chi connectivity index (χ3v) is 7.66. The van der Waals surface area contributed by atoms with E-state index in [4.69, 9.17) is 4.74 Å². The maximum Gasteiger partial charge on any atom is 0.255 e. The number of anilines is 1. The molecule has 0 atom stereocenters. The van der Waals surface area contributed by atoms with Gasteiger partial charge in [0, 0.05) is 28.8 Å². The minimum Gasteiger partial charge on any atom is -0.489 e. The Morgan fingerprint density at radius 3 is 2.34 bits per heavy atom. The van der Waals surface area contributed by atoms with Crippen LogP contribution in [0.1, 0.15) is 28.8 Å². The molecule has 3 aromatic rings. The Labute approximate surface area is 196 Å². The van der Waals surface area contributed by atoms with Crippen molar-refractivity contribution in [2.75, 3.05) is 18.4 Å². The highest BCUT2D eigenvalue weighted by Gasteiger charge is 2.26. The van der Waals surface area contributed by atoms with Gasteiger partial charge in [-0.05, 0) is 79.1 Å². The Hall–Kier alpha value is -2.68. The van der Waals surface area contributed by atoms with E-state index >= 15 is 0 Å². The molecule has 8 heteroatoms. The largest absolute Gasteiger partial charge is 0.489 e. The lowest BCUT2D eigenvalue weighted by molar-refractivity contribution is 0.102. The van der Waals surface area contributed by atoms with Gasteiger partial charge in [-0.3, -0.25) is 4.79 Å². The van der Waals surface area contributed by atoms with Gasteiger partial charge in [0.05, 0.1) is 4.90 Å². The number of benzene rings is 3. The van der Waals surface area contributed by atoms with Crippen molar-refractivity contribution in [2.24, 2.45) is 0 Å². The van der Waals surface area contributed by atoms with E-state index < -0.39 is 10.0 Å². The fraction of sp³-hybridized carbons (Fsp3) is 0.208. The first-order valence-electron chi connectivity index (χ1n) is 10.3. The van der Waals surface area contributed by atoms with Gasteiger partial charge in [-0.2, -0.15) is 4.31 Å². The molecule has 1 aliphatic heterocycles.